The van der Waals surface area contributed by atoms with E-state index in [0.29, 0.717) is 13.0 Å². The molecule has 1 aliphatic rings. The van der Waals surface area contributed by atoms with Crippen LogP contribution in [0, 0.1) is 0 Å². The number of benzene rings is 1. The molecule has 4 heteroatoms. The van der Waals surface area contributed by atoms with Gasteiger partial charge in [-0.3, -0.25) is 4.79 Å². The van der Waals surface area contributed by atoms with Crippen LogP contribution in [0.5, 0.6) is 5.75 Å². The molecule has 1 heterocycles. The number of amides is 1. The number of piperazine rings is 1. The van der Waals surface area contributed by atoms with Gasteiger partial charge in [0.25, 0.3) is 0 Å². The van der Waals surface area contributed by atoms with E-state index < -0.39 is 0 Å². The summed E-state index contributed by atoms with van der Waals surface area (Å²) >= 11 is 0. The Morgan fingerprint density at radius 2 is 1.95 bits per heavy atom. The number of carbonyl (C=O) groups excluding carboxylic acids is 1. The molecule has 1 aromatic carbocycles. The molecular weight excluding hydrogens is 264 g/mol. The van der Waals surface area contributed by atoms with Gasteiger partial charge in [0.05, 0.1) is 13.5 Å². The standard InChI is InChI=1S/C17H26N2O2/c1-16(2)12-19(17(3,4)11-18-16)15(20)10-13-8-6-7-9-14(13)21-5/h6-9,18H,10-12H2,1-5H3. The maximum absolute atomic E-state index is 12.8. The normalized spacial score (nSPS) is 20.1. The first-order chi connectivity index (χ1) is 9.75. The summed E-state index contributed by atoms with van der Waals surface area (Å²) in [4.78, 5) is 14.8. The van der Waals surface area contributed by atoms with Crippen molar-refractivity contribution in [2.24, 2.45) is 0 Å². The second-order valence-corrected chi connectivity index (χ2v) is 7.02. The van der Waals surface area contributed by atoms with Gasteiger partial charge in [0.2, 0.25) is 5.91 Å². The average Bonchev–Trinajstić information content (AvgIpc) is 2.42. The number of nitrogens with one attached hydrogen (secondary N) is 1. The van der Waals surface area contributed by atoms with Crippen LogP contribution < -0.4 is 10.1 Å². The van der Waals surface area contributed by atoms with E-state index in [1.165, 1.54) is 0 Å². The van der Waals surface area contributed by atoms with E-state index in [2.05, 4.69) is 33.0 Å². The molecule has 0 aromatic heterocycles. The van der Waals surface area contributed by atoms with Gasteiger partial charge in [-0.2, -0.15) is 0 Å². The van der Waals surface area contributed by atoms with Crippen LogP contribution in [0.4, 0.5) is 0 Å². The minimum atomic E-state index is -0.172. The van der Waals surface area contributed by atoms with Gasteiger partial charge in [-0.15, -0.1) is 0 Å². The summed E-state index contributed by atoms with van der Waals surface area (Å²) in [5, 5.41) is 3.50. The van der Waals surface area contributed by atoms with Gasteiger partial charge < -0.3 is 15.0 Å². The van der Waals surface area contributed by atoms with Gasteiger partial charge in [0.15, 0.2) is 0 Å². The Kier molecular flexibility index (Phi) is 4.28. The third kappa shape index (κ3) is 3.56. The molecule has 0 aliphatic carbocycles. The number of para-hydroxylation sites is 1. The Balaban J connectivity index is 2.18. The fraction of sp³-hybridized carbons (Fsp3) is 0.588. The first-order valence-electron chi connectivity index (χ1n) is 7.43. The zero-order chi connectivity index (χ0) is 15.7. The van der Waals surface area contributed by atoms with E-state index >= 15 is 0 Å². The van der Waals surface area contributed by atoms with Gasteiger partial charge >= 0.3 is 0 Å². The van der Waals surface area contributed by atoms with E-state index in [1.807, 2.05) is 29.2 Å². The third-order valence-electron chi connectivity index (χ3n) is 4.12. The third-order valence-corrected chi connectivity index (χ3v) is 4.12. The zero-order valence-corrected chi connectivity index (χ0v) is 13.7. The van der Waals surface area contributed by atoms with Gasteiger partial charge in [-0.1, -0.05) is 18.2 Å². The Morgan fingerprint density at radius 3 is 2.62 bits per heavy atom. The highest BCUT2D eigenvalue weighted by molar-refractivity contribution is 5.80. The SMILES string of the molecule is COc1ccccc1CC(=O)N1CC(C)(C)NCC1(C)C. The van der Waals surface area contributed by atoms with Gasteiger partial charge in [0, 0.05) is 29.7 Å². The van der Waals surface area contributed by atoms with Gasteiger partial charge in [0.1, 0.15) is 5.75 Å². The molecule has 21 heavy (non-hydrogen) atoms. The van der Waals surface area contributed by atoms with E-state index in [-0.39, 0.29) is 17.0 Å². The van der Waals surface area contributed by atoms with Crippen molar-refractivity contribution >= 4 is 5.91 Å². The van der Waals surface area contributed by atoms with Crippen LogP contribution in [0.15, 0.2) is 24.3 Å². The van der Waals surface area contributed by atoms with Crippen LogP contribution in [0.2, 0.25) is 0 Å². The van der Waals surface area contributed by atoms with Crippen LogP contribution in [0.25, 0.3) is 0 Å². The van der Waals surface area contributed by atoms with Crippen LogP contribution in [-0.4, -0.2) is 42.1 Å². The number of methoxy groups -OCH3 is 1. The first kappa shape index (κ1) is 15.8. The molecular formula is C17H26N2O2. The van der Waals surface area contributed by atoms with Gasteiger partial charge in [-0.25, -0.2) is 0 Å². The quantitative estimate of drug-likeness (QED) is 0.928. The van der Waals surface area contributed by atoms with Crippen LogP contribution in [0.3, 0.4) is 0 Å². The molecule has 1 saturated heterocycles. The van der Waals surface area contributed by atoms with E-state index in [0.717, 1.165) is 17.9 Å². The molecule has 1 aliphatic heterocycles. The minimum Gasteiger partial charge on any atom is -0.496 e. The predicted octanol–water partition coefficient (Wildman–Crippen LogP) is 2.23. The summed E-state index contributed by atoms with van der Waals surface area (Å²) in [6.45, 7) is 9.99. The molecule has 0 unspecified atom stereocenters. The fourth-order valence-electron chi connectivity index (χ4n) is 2.75. The van der Waals surface area contributed by atoms with Crippen LogP contribution in [-0.2, 0) is 11.2 Å². The van der Waals surface area contributed by atoms with Crippen molar-refractivity contribution in [3.8, 4) is 5.75 Å². The molecule has 4 nitrogen and oxygen atoms in total. The summed E-state index contributed by atoms with van der Waals surface area (Å²) in [5.41, 5.74) is 0.720. The number of carbonyl (C=O) groups is 1. The number of hydrogen-bond acceptors (Lipinski definition) is 3. The van der Waals surface area contributed by atoms with Crippen molar-refractivity contribution in [1.29, 1.82) is 0 Å². The Labute approximate surface area is 127 Å². The summed E-state index contributed by atoms with van der Waals surface area (Å²) in [7, 11) is 1.64. The summed E-state index contributed by atoms with van der Waals surface area (Å²) < 4.78 is 5.34. The Morgan fingerprint density at radius 1 is 1.29 bits per heavy atom. The summed E-state index contributed by atoms with van der Waals surface area (Å²) in [6.07, 6.45) is 0.378. The highest BCUT2D eigenvalue weighted by Gasteiger charge is 2.40. The Hall–Kier alpha value is -1.55. The van der Waals surface area contributed by atoms with Crippen molar-refractivity contribution < 1.29 is 9.53 Å². The highest BCUT2D eigenvalue weighted by atomic mass is 16.5. The summed E-state index contributed by atoms with van der Waals surface area (Å²) in [6, 6.07) is 7.72. The van der Waals surface area contributed by atoms with Crippen LogP contribution in [0.1, 0.15) is 33.3 Å². The molecule has 116 valence electrons. The van der Waals surface area contributed by atoms with Gasteiger partial charge in [-0.05, 0) is 33.8 Å². The number of ether oxygens (including phenoxy) is 1. The maximum atomic E-state index is 12.8. The second-order valence-electron chi connectivity index (χ2n) is 7.02. The largest absolute Gasteiger partial charge is 0.496 e. The maximum Gasteiger partial charge on any atom is 0.227 e. The van der Waals surface area contributed by atoms with E-state index in [9.17, 15) is 4.79 Å². The molecule has 0 saturated carbocycles. The molecule has 0 radical (unpaired) electrons. The van der Waals surface area contributed by atoms with Crippen molar-refractivity contribution in [3.63, 3.8) is 0 Å². The van der Waals surface area contributed by atoms with Crippen LogP contribution >= 0.6 is 0 Å². The average molecular weight is 290 g/mol. The number of rotatable bonds is 3. The molecule has 0 spiro atoms. The molecule has 1 aromatic rings. The molecule has 0 bridgehead atoms. The second kappa shape index (κ2) is 5.68. The molecule has 1 amide bonds. The number of nitrogens with zero attached hydrogens (tertiary/aromatic N) is 1. The lowest BCUT2D eigenvalue weighted by molar-refractivity contribution is -0.139. The molecule has 0 atom stereocenters. The van der Waals surface area contributed by atoms with Crippen molar-refractivity contribution in [1.82, 2.24) is 10.2 Å². The monoisotopic (exact) mass is 290 g/mol. The molecule has 1 fully saturated rings. The number of hydrogen-bond donors (Lipinski definition) is 1. The lowest BCUT2D eigenvalue weighted by atomic mass is 9.90. The van der Waals surface area contributed by atoms with E-state index in [1.54, 1.807) is 7.11 Å². The summed E-state index contributed by atoms with van der Waals surface area (Å²) in [5.74, 6) is 0.928. The smallest absolute Gasteiger partial charge is 0.227 e. The Bertz CT molecular complexity index is 523. The zero-order valence-electron chi connectivity index (χ0n) is 13.7. The topological polar surface area (TPSA) is 41.6 Å². The van der Waals surface area contributed by atoms with Crippen molar-refractivity contribution in [3.05, 3.63) is 29.8 Å². The highest BCUT2D eigenvalue weighted by Crippen LogP contribution is 2.26. The van der Waals surface area contributed by atoms with Crippen molar-refractivity contribution in [2.45, 2.75) is 45.2 Å². The lowest BCUT2D eigenvalue weighted by Gasteiger charge is -2.49. The first-order valence-corrected chi connectivity index (χ1v) is 7.43. The van der Waals surface area contributed by atoms with Crippen molar-refractivity contribution in [2.75, 3.05) is 20.2 Å². The molecule has 2 rings (SSSR count). The predicted molar refractivity (Wildman–Crippen MR) is 84.6 cm³/mol. The lowest BCUT2D eigenvalue weighted by Crippen LogP contribution is -2.67. The fourth-order valence-corrected chi connectivity index (χ4v) is 2.75. The van der Waals surface area contributed by atoms with E-state index in [4.69, 9.17) is 4.74 Å². The molecule has 1 N–H and O–H groups in total. The minimum absolute atomic E-state index is 0.0496.